The lowest BCUT2D eigenvalue weighted by Crippen LogP contribution is -2.64. The SMILES string of the molecule is CC(C)=C[C@H]1C[C@](C)(O)[C@H]2[C@@H](C[C@@]3(C)[C@@H]4CC=C5[C@@H](CC[C@H](O)C5(C)C)[C@]4(C)C(=O)C[C@]23C)O1. The van der Waals surface area contributed by atoms with E-state index in [0.717, 1.165) is 25.7 Å². The number of fused-ring (bicyclic) bond motifs is 7. The van der Waals surface area contributed by atoms with Gasteiger partial charge in [0.15, 0.2) is 0 Å². The Labute approximate surface area is 206 Å². The number of allylic oxidation sites excluding steroid dienone is 2. The number of carbonyl (C=O) groups is 1. The third kappa shape index (κ3) is 2.97. The van der Waals surface area contributed by atoms with Gasteiger partial charge in [0.25, 0.3) is 0 Å². The van der Waals surface area contributed by atoms with Crippen LogP contribution in [0.3, 0.4) is 0 Å². The molecule has 4 heteroatoms. The van der Waals surface area contributed by atoms with Crippen LogP contribution >= 0.6 is 0 Å². The van der Waals surface area contributed by atoms with E-state index < -0.39 is 11.0 Å². The van der Waals surface area contributed by atoms with Crippen LogP contribution in [0.15, 0.2) is 23.3 Å². The molecule has 0 bridgehead atoms. The Morgan fingerprint density at radius 2 is 1.74 bits per heavy atom. The molecule has 3 saturated carbocycles. The van der Waals surface area contributed by atoms with Crippen LogP contribution in [0.25, 0.3) is 0 Å². The second-order valence-corrected chi connectivity index (χ2v) is 14.2. The summed E-state index contributed by atoms with van der Waals surface area (Å²) in [6, 6.07) is 0. The first-order chi connectivity index (χ1) is 15.6. The summed E-state index contributed by atoms with van der Waals surface area (Å²) in [7, 11) is 0. The fourth-order valence-corrected chi connectivity index (χ4v) is 9.95. The molecule has 0 unspecified atom stereocenters. The number of carbonyl (C=O) groups excluding carboxylic acids is 1. The highest BCUT2D eigenvalue weighted by atomic mass is 16.5. The summed E-state index contributed by atoms with van der Waals surface area (Å²) >= 11 is 0. The number of aliphatic hydroxyl groups is 2. The van der Waals surface area contributed by atoms with Gasteiger partial charge in [0.05, 0.1) is 23.9 Å². The van der Waals surface area contributed by atoms with E-state index in [1.807, 2.05) is 6.92 Å². The highest BCUT2D eigenvalue weighted by Crippen LogP contribution is 2.75. The minimum atomic E-state index is -0.868. The van der Waals surface area contributed by atoms with E-state index in [4.69, 9.17) is 4.74 Å². The van der Waals surface area contributed by atoms with Gasteiger partial charge in [-0.2, -0.15) is 0 Å². The van der Waals surface area contributed by atoms with Crippen molar-refractivity contribution >= 4 is 5.78 Å². The van der Waals surface area contributed by atoms with Crippen molar-refractivity contribution in [2.75, 3.05) is 0 Å². The van der Waals surface area contributed by atoms with Crippen molar-refractivity contribution < 1.29 is 19.7 Å². The lowest BCUT2D eigenvalue weighted by atomic mass is 9.38. The molecule has 0 radical (unpaired) electrons. The third-order valence-corrected chi connectivity index (χ3v) is 11.7. The summed E-state index contributed by atoms with van der Waals surface area (Å²) in [5.74, 6) is 0.734. The van der Waals surface area contributed by atoms with Gasteiger partial charge in [-0.05, 0) is 69.1 Å². The Morgan fingerprint density at radius 3 is 2.38 bits per heavy atom. The average molecular weight is 471 g/mol. The van der Waals surface area contributed by atoms with Gasteiger partial charge >= 0.3 is 0 Å². The minimum absolute atomic E-state index is 0.0375. The van der Waals surface area contributed by atoms with Crippen molar-refractivity contribution in [1.82, 2.24) is 0 Å². The van der Waals surface area contributed by atoms with Crippen molar-refractivity contribution in [3.05, 3.63) is 23.3 Å². The van der Waals surface area contributed by atoms with Crippen LogP contribution in [-0.4, -0.2) is 39.9 Å². The molecule has 4 aliphatic carbocycles. The van der Waals surface area contributed by atoms with E-state index in [1.165, 1.54) is 11.1 Å². The standard InChI is InChI=1S/C30H46O4/c1-17(2)13-18-14-29(7,33)25-21(34-18)15-27(5)22-11-9-19-20(10-12-23(31)26(19,3)4)30(22,8)24(32)16-28(25,27)6/h9,13,18,20-23,25,31,33H,10-12,14-16H2,1-8H3/t18-,20+,21+,22-,23-,25-,27-,28+,29-,30-/m0/s1. The smallest absolute Gasteiger partial charge is 0.140 e. The first kappa shape index (κ1) is 24.7. The fourth-order valence-electron chi connectivity index (χ4n) is 9.95. The zero-order valence-electron chi connectivity index (χ0n) is 22.6. The van der Waals surface area contributed by atoms with Crippen LogP contribution in [0.5, 0.6) is 0 Å². The maximum absolute atomic E-state index is 14.3. The van der Waals surface area contributed by atoms with Crippen LogP contribution in [0.4, 0.5) is 0 Å². The molecule has 0 aromatic carbocycles. The second-order valence-electron chi connectivity index (χ2n) is 14.2. The molecular formula is C30H46O4. The molecule has 10 atom stereocenters. The largest absolute Gasteiger partial charge is 0.392 e. The number of ketones is 1. The highest BCUT2D eigenvalue weighted by Gasteiger charge is 2.74. The first-order valence-electron chi connectivity index (χ1n) is 13.5. The Kier molecular flexibility index (Phi) is 5.30. The molecule has 0 amide bonds. The van der Waals surface area contributed by atoms with Gasteiger partial charge in [0.2, 0.25) is 0 Å². The normalized spacial score (nSPS) is 53.7. The van der Waals surface area contributed by atoms with Crippen LogP contribution in [-0.2, 0) is 9.53 Å². The number of hydrogen-bond donors (Lipinski definition) is 2. The zero-order valence-corrected chi connectivity index (χ0v) is 22.6. The van der Waals surface area contributed by atoms with Gasteiger partial charge in [-0.3, -0.25) is 4.79 Å². The van der Waals surface area contributed by atoms with Crippen LogP contribution in [0.1, 0.15) is 93.9 Å². The molecule has 1 heterocycles. The lowest BCUT2D eigenvalue weighted by Gasteiger charge is -2.65. The molecule has 0 aromatic rings. The first-order valence-corrected chi connectivity index (χ1v) is 13.5. The predicted molar refractivity (Wildman–Crippen MR) is 134 cm³/mol. The molecule has 2 N–H and O–H groups in total. The molecule has 5 rings (SSSR count). The van der Waals surface area contributed by atoms with E-state index >= 15 is 0 Å². The average Bonchev–Trinajstić information content (AvgIpc) is 2.91. The highest BCUT2D eigenvalue weighted by molar-refractivity contribution is 5.88. The van der Waals surface area contributed by atoms with Crippen molar-refractivity contribution in [3.63, 3.8) is 0 Å². The van der Waals surface area contributed by atoms with Gasteiger partial charge in [-0.25, -0.2) is 0 Å². The molecule has 190 valence electrons. The van der Waals surface area contributed by atoms with Gasteiger partial charge in [-0.1, -0.05) is 57.9 Å². The lowest BCUT2D eigenvalue weighted by molar-refractivity contribution is -0.200. The number of ether oxygens (including phenoxy) is 1. The molecule has 5 aliphatic rings. The monoisotopic (exact) mass is 470 g/mol. The molecule has 34 heavy (non-hydrogen) atoms. The van der Waals surface area contributed by atoms with Crippen molar-refractivity contribution in [2.45, 2.75) is 118 Å². The van der Waals surface area contributed by atoms with E-state index in [1.54, 1.807) is 0 Å². The molecule has 1 aliphatic heterocycles. The van der Waals surface area contributed by atoms with Crippen molar-refractivity contribution in [3.8, 4) is 0 Å². The van der Waals surface area contributed by atoms with Gasteiger partial charge < -0.3 is 14.9 Å². The van der Waals surface area contributed by atoms with Crippen LogP contribution in [0, 0.1) is 39.4 Å². The molecule has 4 fully saturated rings. The molecule has 0 spiro atoms. The van der Waals surface area contributed by atoms with Crippen LogP contribution < -0.4 is 0 Å². The Hall–Kier alpha value is -0.970. The van der Waals surface area contributed by atoms with Gasteiger partial charge in [-0.15, -0.1) is 0 Å². The van der Waals surface area contributed by atoms with E-state index in [9.17, 15) is 15.0 Å². The quantitative estimate of drug-likeness (QED) is 0.489. The summed E-state index contributed by atoms with van der Waals surface area (Å²) in [6.45, 7) is 17.4. The molecule has 0 aromatic heterocycles. The molecule has 1 saturated heterocycles. The Morgan fingerprint density at radius 1 is 1.06 bits per heavy atom. The number of Topliss-reactive ketones (excluding diaryl/α,β-unsaturated/α-hetero) is 1. The number of rotatable bonds is 1. The molecular weight excluding hydrogens is 424 g/mol. The van der Waals surface area contributed by atoms with Gasteiger partial charge in [0.1, 0.15) is 5.78 Å². The second kappa shape index (κ2) is 7.29. The predicted octanol–water partition coefficient (Wildman–Crippen LogP) is 5.62. The van der Waals surface area contributed by atoms with E-state index in [-0.39, 0.29) is 52.3 Å². The van der Waals surface area contributed by atoms with Crippen LogP contribution in [0.2, 0.25) is 0 Å². The third-order valence-electron chi connectivity index (χ3n) is 11.7. The fraction of sp³-hybridized carbons (Fsp3) is 0.833. The summed E-state index contributed by atoms with van der Waals surface area (Å²) in [5.41, 5.74) is 0.535. The zero-order chi connectivity index (χ0) is 25.1. The van der Waals surface area contributed by atoms with Crippen molar-refractivity contribution in [2.24, 2.45) is 39.4 Å². The topological polar surface area (TPSA) is 66.8 Å². The van der Waals surface area contributed by atoms with E-state index in [0.29, 0.717) is 18.6 Å². The maximum Gasteiger partial charge on any atom is 0.140 e. The summed E-state index contributed by atoms with van der Waals surface area (Å²) < 4.78 is 6.68. The summed E-state index contributed by atoms with van der Waals surface area (Å²) in [4.78, 5) is 14.3. The van der Waals surface area contributed by atoms with E-state index in [2.05, 4.69) is 60.6 Å². The minimum Gasteiger partial charge on any atom is -0.392 e. The molecule has 4 nitrogen and oxygen atoms in total. The Balaban J connectivity index is 1.59. The number of aliphatic hydroxyl groups excluding tert-OH is 1. The maximum atomic E-state index is 14.3. The van der Waals surface area contributed by atoms with Gasteiger partial charge in [0, 0.05) is 29.6 Å². The van der Waals surface area contributed by atoms with Crippen molar-refractivity contribution in [1.29, 1.82) is 0 Å². The summed E-state index contributed by atoms with van der Waals surface area (Å²) in [6.07, 6.45) is 8.57. The summed E-state index contributed by atoms with van der Waals surface area (Å²) in [5, 5.41) is 22.6. The number of hydrogen-bond acceptors (Lipinski definition) is 4. The Bertz CT molecular complexity index is 955.